The Hall–Kier alpha value is -5.45. The Labute approximate surface area is 316 Å². The maximum atomic E-state index is 6.58. The number of nitrogens with zero attached hydrogens (tertiary/aromatic N) is 4. The summed E-state index contributed by atoms with van der Waals surface area (Å²) in [4.78, 5) is 4.90. The number of fused-ring (bicyclic) bond motifs is 7. The number of hydrogen-bond donors (Lipinski definition) is 0. The normalized spacial score (nSPS) is 11.9. The van der Waals surface area contributed by atoms with Crippen LogP contribution in [0.3, 0.4) is 0 Å². The third-order valence-electron chi connectivity index (χ3n) is 9.74. The second-order valence-electron chi connectivity index (χ2n) is 14.4. The smallest absolute Gasteiger partial charge is 0.509 e. The largest absolute Gasteiger partial charge is 2.00 e. The van der Waals surface area contributed by atoms with Gasteiger partial charge in [-0.05, 0) is 78.2 Å². The minimum Gasteiger partial charge on any atom is -0.509 e. The fourth-order valence-corrected chi connectivity index (χ4v) is 7.40. The molecular formula is C45H36N4O2Pt. The second kappa shape index (κ2) is 12.6. The van der Waals surface area contributed by atoms with Crippen LogP contribution in [-0.2, 0) is 26.5 Å². The minimum absolute atomic E-state index is 0. The second-order valence-corrected chi connectivity index (χ2v) is 14.4. The van der Waals surface area contributed by atoms with Gasteiger partial charge in [0.2, 0.25) is 0 Å². The van der Waals surface area contributed by atoms with Crippen molar-refractivity contribution in [3.05, 3.63) is 144 Å². The molecule has 0 aliphatic rings. The molecule has 0 bridgehead atoms. The summed E-state index contributed by atoms with van der Waals surface area (Å²) in [6.45, 7) is 13.0. The molecule has 0 fully saturated rings. The molecule has 9 aromatic rings. The number of hydrogen-bond acceptors (Lipinski definition) is 4. The molecule has 0 aliphatic heterocycles. The van der Waals surface area contributed by atoms with Crippen LogP contribution in [0.1, 0.15) is 43.0 Å². The Morgan fingerprint density at radius 2 is 1.48 bits per heavy atom. The van der Waals surface area contributed by atoms with Gasteiger partial charge in [-0.3, -0.25) is 4.68 Å². The number of furan rings is 1. The molecule has 4 heterocycles. The van der Waals surface area contributed by atoms with Crippen molar-refractivity contribution in [2.45, 2.75) is 47.0 Å². The summed E-state index contributed by atoms with van der Waals surface area (Å²) in [7, 11) is 0. The van der Waals surface area contributed by atoms with Crippen molar-refractivity contribution in [3.63, 3.8) is 0 Å². The zero-order valence-corrected chi connectivity index (χ0v) is 32.1. The maximum Gasteiger partial charge on any atom is 2.00 e. The molecule has 0 amide bonds. The molecule has 52 heavy (non-hydrogen) atoms. The van der Waals surface area contributed by atoms with Gasteiger partial charge in [-0.25, -0.2) is 4.98 Å². The molecular weight excluding hydrogens is 824 g/mol. The average molecular weight is 860 g/mol. The van der Waals surface area contributed by atoms with E-state index >= 15 is 0 Å². The van der Waals surface area contributed by atoms with Gasteiger partial charge in [0.15, 0.2) is 5.58 Å². The van der Waals surface area contributed by atoms with Gasteiger partial charge in [0.1, 0.15) is 11.4 Å². The Morgan fingerprint density at radius 1 is 0.731 bits per heavy atom. The van der Waals surface area contributed by atoms with E-state index in [1.807, 2.05) is 65.6 Å². The summed E-state index contributed by atoms with van der Waals surface area (Å²) in [6, 6.07) is 40.1. The number of aryl methyl sites for hydroxylation is 3. The SMILES string of the molecule is Cc1cc(C)c(-c2ccn(-c3[c-]c(Oc4[c-]c5c(cc4)c4ccc6c7ccccc7oc6c4n5-c4cc(C(C)(C)C)ccn4)ccc3)n2)c(C)c1.[Pt+2]. The standard InChI is InChI=1S/C45H36N4O2.Pt/c1-27-22-28(2)42(29(3)23-27)38-19-21-48(47-38)31-10-9-11-32(25-31)50-33-14-15-34-36-16-17-37-35-12-7-8-13-40(35)51-44(37)43(36)49(39(34)26-33)41-24-30(18-20-46-41)45(4,5)6;/h7-24H,1-6H3;/q-2;+2. The molecule has 6 nitrogen and oxygen atoms in total. The van der Waals surface area contributed by atoms with Crippen LogP contribution in [0.15, 0.2) is 114 Å². The molecule has 0 saturated carbocycles. The first kappa shape index (κ1) is 33.7. The monoisotopic (exact) mass is 859 g/mol. The van der Waals surface area contributed by atoms with Crippen LogP contribution in [0.5, 0.6) is 11.5 Å². The van der Waals surface area contributed by atoms with E-state index in [1.54, 1.807) is 0 Å². The Kier molecular flexibility index (Phi) is 8.19. The topological polar surface area (TPSA) is 58.0 Å². The van der Waals surface area contributed by atoms with E-state index in [9.17, 15) is 0 Å². The molecule has 0 spiro atoms. The van der Waals surface area contributed by atoms with Crippen LogP contribution in [0.2, 0.25) is 0 Å². The van der Waals surface area contributed by atoms with E-state index in [-0.39, 0.29) is 26.5 Å². The van der Waals surface area contributed by atoms with Crippen LogP contribution in [0, 0.1) is 32.9 Å². The van der Waals surface area contributed by atoms with Gasteiger partial charge in [0.05, 0.1) is 11.2 Å². The molecule has 0 N–H and O–H groups in total. The first-order valence-electron chi connectivity index (χ1n) is 17.2. The van der Waals surface area contributed by atoms with Crippen molar-refractivity contribution >= 4 is 43.7 Å². The summed E-state index contributed by atoms with van der Waals surface area (Å²) in [5.74, 6) is 1.93. The summed E-state index contributed by atoms with van der Waals surface area (Å²) in [5, 5.41) is 9.17. The van der Waals surface area contributed by atoms with Crippen molar-refractivity contribution in [1.82, 2.24) is 19.3 Å². The van der Waals surface area contributed by atoms with Gasteiger partial charge in [0, 0.05) is 40.2 Å². The Balaban J connectivity index is 0.00000387. The number of rotatable bonds is 5. The first-order chi connectivity index (χ1) is 24.6. The fraction of sp³-hybridized carbons (Fsp3) is 0.156. The first-order valence-corrected chi connectivity index (χ1v) is 17.2. The predicted octanol–water partition coefficient (Wildman–Crippen LogP) is 11.5. The zero-order valence-electron chi connectivity index (χ0n) is 29.8. The van der Waals surface area contributed by atoms with Gasteiger partial charge in [-0.15, -0.1) is 35.7 Å². The van der Waals surface area contributed by atoms with E-state index < -0.39 is 0 Å². The van der Waals surface area contributed by atoms with E-state index in [0.717, 1.165) is 66.5 Å². The van der Waals surface area contributed by atoms with Gasteiger partial charge < -0.3 is 13.7 Å². The van der Waals surface area contributed by atoms with Crippen molar-refractivity contribution in [3.8, 4) is 34.3 Å². The van der Waals surface area contributed by atoms with Crippen LogP contribution in [0.25, 0.3) is 66.5 Å². The van der Waals surface area contributed by atoms with Crippen LogP contribution in [-0.4, -0.2) is 19.3 Å². The van der Waals surface area contributed by atoms with Crippen LogP contribution in [0.4, 0.5) is 0 Å². The van der Waals surface area contributed by atoms with E-state index in [1.165, 1.54) is 22.3 Å². The molecule has 4 aromatic heterocycles. The Bertz CT molecular complexity index is 2790. The molecule has 7 heteroatoms. The quantitative estimate of drug-likeness (QED) is 0.162. The summed E-state index contributed by atoms with van der Waals surface area (Å²) < 4.78 is 17.1. The number of pyridine rings is 1. The summed E-state index contributed by atoms with van der Waals surface area (Å²) in [5.41, 5.74) is 11.2. The van der Waals surface area contributed by atoms with Crippen molar-refractivity contribution < 1.29 is 30.2 Å². The van der Waals surface area contributed by atoms with E-state index in [2.05, 4.69) is 107 Å². The predicted molar refractivity (Wildman–Crippen MR) is 206 cm³/mol. The molecule has 5 aromatic carbocycles. The molecule has 0 unspecified atom stereocenters. The van der Waals surface area contributed by atoms with Gasteiger partial charge >= 0.3 is 21.1 Å². The van der Waals surface area contributed by atoms with Crippen LogP contribution < -0.4 is 4.74 Å². The number of ether oxygens (including phenoxy) is 1. The fourth-order valence-electron chi connectivity index (χ4n) is 7.40. The van der Waals surface area contributed by atoms with Gasteiger partial charge in [0.25, 0.3) is 0 Å². The van der Waals surface area contributed by atoms with E-state index in [0.29, 0.717) is 11.5 Å². The van der Waals surface area contributed by atoms with Crippen molar-refractivity contribution in [1.29, 1.82) is 0 Å². The van der Waals surface area contributed by atoms with Crippen molar-refractivity contribution in [2.75, 3.05) is 0 Å². The van der Waals surface area contributed by atoms with Crippen LogP contribution >= 0.6 is 0 Å². The molecule has 0 radical (unpaired) electrons. The maximum absolute atomic E-state index is 6.58. The average Bonchev–Trinajstić information content (AvgIpc) is 3.82. The summed E-state index contributed by atoms with van der Waals surface area (Å²) in [6.07, 6.45) is 3.85. The Morgan fingerprint density at radius 3 is 2.29 bits per heavy atom. The molecule has 9 rings (SSSR count). The zero-order chi connectivity index (χ0) is 35.0. The molecule has 0 saturated heterocycles. The van der Waals surface area contributed by atoms with E-state index in [4.69, 9.17) is 19.2 Å². The number of para-hydroxylation sites is 1. The van der Waals surface area contributed by atoms with Crippen molar-refractivity contribution in [2.24, 2.45) is 0 Å². The van der Waals surface area contributed by atoms with Gasteiger partial charge in [-0.1, -0.05) is 74.3 Å². The molecule has 0 atom stereocenters. The number of aromatic nitrogens is 4. The third-order valence-corrected chi connectivity index (χ3v) is 9.74. The number of benzene rings is 5. The minimum atomic E-state index is -0.0584. The third kappa shape index (κ3) is 5.63. The van der Waals surface area contributed by atoms with Gasteiger partial charge in [-0.2, -0.15) is 17.2 Å². The molecule has 0 aliphatic carbocycles. The molecule has 258 valence electrons. The summed E-state index contributed by atoms with van der Waals surface area (Å²) >= 11 is 0.